The van der Waals surface area contributed by atoms with Crippen molar-refractivity contribution in [2.45, 2.75) is 26.7 Å². The molecule has 0 aliphatic rings. The molecule has 0 aliphatic carbocycles. The topological polar surface area (TPSA) is 30.7 Å². The Morgan fingerprint density at radius 1 is 1.38 bits per heavy atom. The summed E-state index contributed by atoms with van der Waals surface area (Å²) in [6, 6.07) is 3.65. The number of pyridine rings is 1. The van der Waals surface area contributed by atoms with Crippen molar-refractivity contribution >= 4 is 11.6 Å². The number of rotatable bonds is 2. The summed E-state index contributed by atoms with van der Waals surface area (Å²) in [6.07, 6.45) is 3.73. The summed E-state index contributed by atoms with van der Waals surface area (Å²) in [4.78, 5) is 8.76. The van der Waals surface area contributed by atoms with Gasteiger partial charge in [-0.15, -0.1) is 0 Å². The van der Waals surface area contributed by atoms with Crippen LogP contribution in [0.5, 0.6) is 0 Å². The summed E-state index contributed by atoms with van der Waals surface area (Å²) >= 11 is 6.11. The molecule has 0 aliphatic heterocycles. The van der Waals surface area contributed by atoms with Gasteiger partial charge in [-0.1, -0.05) is 25.4 Å². The van der Waals surface area contributed by atoms with Gasteiger partial charge >= 0.3 is 0 Å². The first-order chi connectivity index (χ1) is 7.59. The molecule has 0 saturated heterocycles. The smallest absolute Gasteiger partial charge is 0.156 e. The quantitative estimate of drug-likeness (QED) is 0.799. The zero-order valence-electron chi connectivity index (χ0n) is 9.61. The predicted molar refractivity (Wildman–Crippen MR) is 65.2 cm³/mol. The lowest BCUT2D eigenvalue weighted by Gasteiger charge is -2.04. The summed E-state index contributed by atoms with van der Waals surface area (Å²) in [5, 5.41) is 0.637. The second kappa shape index (κ2) is 4.26. The Hall–Kier alpha value is -1.35. The van der Waals surface area contributed by atoms with Gasteiger partial charge in [-0.05, 0) is 25.0 Å². The SMILES string of the molecule is Cc1nc(C(C)C)cn1-c1ncccc1Cl. The summed E-state index contributed by atoms with van der Waals surface area (Å²) < 4.78 is 1.93. The lowest BCUT2D eigenvalue weighted by Crippen LogP contribution is -1.98. The van der Waals surface area contributed by atoms with Gasteiger partial charge in [-0.3, -0.25) is 4.57 Å². The minimum atomic E-state index is 0.405. The molecule has 2 aromatic rings. The number of nitrogens with zero attached hydrogens (tertiary/aromatic N) is 3. The molecule has 0 radical (unpaired) electrons. The van der Waals surface area contributed by atoms with E-state index in [1.165, 1.54) is 0 Å². The Morgan fingerprint density at radius 2 is 2.12 bits per heavy atom. The molecule has 2 heterocycles. The van der Waals surface area contributed by atoms with Crippen LogP contribution in [0.3, 0.4) is 0 Å². The molecule has 2 rings (SSSR count). The molecule has 0 atom stereocenters. The minimum absolute atomic E-state index is 0.405. The Labute approximate surface area is 100 Å². The highest BCUT2D eigenvalue weighted by Crippen LogP contribution is 2.21. The maximum absolute atomic E-state index is 6.11. The van der Waals surface area contributed by atoms with E-state index in [1.807, 2.05) is 29.8 Å². The van der Waals surface area contributed by atoms with Crippen molar-refractivity contribution in [3.63, 3.8) is 0 Å². The molecule has 16 heavy (non-hydrogen) atoms. The molecule has 2 aromatic heterocycles. The summed E-state index contributed by atoms with van der Waals surface area (Å²) in [5.41, 5.74) is 1.05. The van der Waals surface area contributed by atoms with E-state index >= 15 is 0 Å². The second-order valence-electron chi connectivity index (χ2n) is 4.05. The zero-order chi connectivity index (χ0) is 11.7. The van der Waals surface area contributed by atoms with E-state index in [4.69, 9.17) is 11.6 Å². The van der Waals surface area contributed by atoms with Gasteiger partial charge in [0.25, 0.3) is 0 Å². The zero-order valence-corrected chi connectivity index (χ0v) is 10.4. The van der Waals surface area contributed by atoms with Crippen molar-refractivity contribution in [3.8, 4) is 5.82 Å². The molecule has 0 amide bonds. The molecule has 0 bridgehead atoms. The van der Waals surface area contributed by atoms with Crippen LogP contribution in [0.15, 0.2) is 24.5 Å². The van der Waals surface area contributed by atoms with Gasteiger partial charge in [-0.2, -0.15) is 0 Å². The highest BCUT2D eigenvalue weighted by atomic mass is 35.5. The summed E-state index contributed by atoms with van der Waals surface area (Å²) in [5.74, 6) is 2.05. The van der Waals surface area contributed by atoms with Crippen LogP contribution in [0.4, 0.5) is 0 Å². The largest absolute Gasteiger partial charge is 0.287 e. The number of aromatic nitrogens is 3. The predicted octanol–water partition coefficient (Wildman–Crippen LogP) is 3.35. The van der Waals surface area contributed by atoms with Crippen LogP contribution in [0, 0.1) is 6.92 Å². The first-order valence-electron chi connectivity index (χ1n) is 5.26. The van der Waals surface area contributed by atoms with Gasteiger partial charge < -0.3 is 0 Å². The van der Waals surface area contributed by atoms with E-state index in [0.717, 1.165) is 17.3 Å². The van der Waals surface area contributed by atoms with Crippen molar-refractivity contribution in [1.29, 1.82) is 0 Å². The minimum Gasteiger partial charge on any atom is -0.287 e. The molecule has 3 nitrogen and oxygen atoms in total. The average molecular weight is 236 g/mol. The van der Waals surface area contributed by atoms with E-state index < -0.39 is 0 Å². The van der Waals surface area contributed by atoms with Gasteiger partial charge in [0.15, 0.2) is 5.82 Å². The van der Waals surface area contributed by atoms with Gasteiger partial charge in [0.2, 0.25) is 0 Å². The van der Waals surface area contributed by atoms with E-state index in [2.05, 4.69) is 23.8 Å². The molecule has 0 saturated carbocycles. The third kappa shape index (κ3) is 1.95. The third-order valence-electron chi connectivity index (χ3n) is 2.46. The van der Waals surface area contributed by atoms with Crippen molar-refractivity contribution in [2.24, 2.45) is 0 Å². The Kier molecular flexibility index (Phi) is 2.97. The highest BCUT2D eigenvalue weighted by molar-refractivity contribution is 6.32. The standard InChI is InChI=1S/C12H14ClN3/c1-8(2)11-7-16(9(3)15-11)12-10(13)5-4-6-14-12/h4-8H,1-3H3. The first kappa shape index (κ1) is 11.1. The molecule has 0 fully saturated rings. The normalized spacial score (nSPS) is 11.1. The van der Waals surface area contributed by atoms with Crippen LogP contribution in [0.2, 0.25) is 5.02 Å². The van der Waals surface area contributed by atoms with Crippen LogP contribution in [0.25, 0.3) is 5.82 Å². The average Bonchev–Trinajstić information content (AvgIpc) is 2.61. The molecule has 0 unspecified atom stereocenters. The molecule has 0 N–H and O–H groups in total. The fourth-order valence-corrected chi connectivity index (χ4v) is 1.76. The molecule has 0 aromatic carbocycles. The monoisotopic (exact) mass is 235 g/mol. The van der Waals surface area contributed by atoms with E-state index in [9.17, 15) is 0 Å². The van der Waals surface area contributed by atoms with Crippen LogP contribution >= 0.6 is 11.6 Å². The van der Waals surface area contributed by atoms with Gasteiger partial charge in [-0.25, -0.2) is 9.97 Å². The lowest BCUT2D eigenvalue weighted by atomic mass is 10.2. The molecule has 0 spiro atoms. The molecule has 84 valence electrons. The molecular formula is C12H14ClN3. The van der Waals surface area contributed by atoms with Crippen molar-refractivity contribution in [1.82, 2.24) is 14.5 Å². The van der Waals surface area contributed by atoms with Gasteiger partial charge in [0, 0.05) is 12.4 Å². The Morgan fingerprint density at radius 3 is 2.69 bits per heavy atom. The number of hydrogen-bond acceptors (Lipinski definition) is 2. The van der Waals surface area contributed by atoms with Gasteiger partial charge in [0.05, 0.1) is 10.7 Å². The van der Waals surface area contributed by atoms with E-state index in [1.54, 1.807) is 6.20 Å². The summed E-state index contributed by atoms with van der Waals surface area (Å²) in [6.45, 7) is 6.19. The van der Waals surface area contributed by atoms with Crippen molar-refractivity contribution < 1.29 is 0 Å². The number of hydrogen-bond donors (Lipinski definition) is 0. The highest BCUT2D eigenvalue weighted by Gasteiger charge is 2.11. The Bertz CT molecular complexity index is 503. The number of aryl methyl sites for hydroxylation is 1. The van der Waals surface area contributed by atoms with E-state index in [0.29, 0.717) is 10.9 Å². The fourth-order valence-electron chi connectivity index (χ4n) is 1.54. The van der Waals surface area contributed by atoms with Crippen molar-refractivity contribution in [3.05, 3.63) is 41.1 Å². The maximum atomic E-state index is 6.11. The van der Waals surface area contributed by atoms with Crippen LogP contribution in [0.1, 0.15) is 31.3 Å². The maximum Gasteiger partial charge on any atom is 0.156 e. The molecular weight excluding hydrogens is 222 g/mol. The fraction of sp³-hybridized carbons (Fsp3) is 0.333. The number of imidazole rings is 1. The van der Waals surface area contributed by atoms with Crippen LogP contribution in [-0.2, 0) is 0 Å². The van der Waals surface area contributed by atoms with Crippen LogP contribution < -0.4 is 0 Å². The molecule has 4 heteroatoms. The van der Waals surface area contributed by atoms with E-state index in [-0.39, 0.29) is 0 Å². The summed E-state index contributed by atoms with van der Waals surface area (Å²) in [7, 11) is 0. The lowest BCUT2D eigenvalue weighted by molar-refractivity contribution is 0.828. The first-order valence-corrected chi connectivity index (χ1v) is 5.64. The van der Waals surface area contributed by atoms with Crippen molar-refractivity contribution in [2.75, 3.05) is 0 Å². The van der Waals surface area contributed by atoms with Crippen LogP contribution in [-0.4, -0.2) is 14.5 Å². The number of halogens is 1. The second-order valence-corrected chi connectivity index (χ2v) is 4.45. The third-order valence-corrected chi connectivity index (χ3v) is 2.75. The Balaban J connectivity index is 2.52. The van der Waals surface area contributed by atoms with Gasteiger partial charge in [0.1, 0.15) is 5.82 Å².